The largest absolute Gasteiger partial charge is 0.475 e. The first-order valence-electron chi connectivity index (χ1n) is 5.60. The lowest BCUT2D eigenvalue weighted by atomic mass is 10.1. The molecular formula is C12H14N2O4. The van der Waals surface area contributed by atoms with Gasteiger partial charge in [0.25, 0.3) is 0 Å². The van der Waals surface area contributed by atoms with Gasteiger partial charge in [-0.15, -0.1) is 0 Å². The highest BCUT2D eigenvalue weighted by atomic mass is 16.4. The molecule has 1 aromatic rings. The Hall–Kier alpha value is -2.08. The molecule has 2 rings (SSSR count). The maximum absolute atomic E-state index is 11.7. The van der Waals surface area contributed by atoms with Crippen LogP contribution in [0.5, 0.6) is 0 Å². The molecule has 2 atom stereocenters. The van der Waals surface area contributed by atoms with E-state index in [0.717, 1.165) is 0 Å². The molecule has 0 bridgehead atoms. The van der Waals surface area contributed by atoms with Gasteiger partial charge in [0.05, 0.1) is 12.5 Å². The van der Waals surface area contributed by atoms with Crippen LogP contribution >= 0.6 is 0 Å². The van der Waals surface area contributed by atoms with Crippen molar-refractivity contribution < 1.29 is 19.1 Å². The topological polar surface area (TPSA) is 106 Å². The van der Waals surface area contributed by atoms with E-state index in [1.807, 2.05) is 0 Å². The molecule has 18 heavy (non-hydrogen) atoms. The highest BCUT2D eigenvalue weighted by Crippen LogP contribution is 2.16. The zero-order valence-electron chi connectivity index (χ0n) is 9.63. The van der Waals surface area contributed by atoms with E-state index in [2.05, 4.69) is 5.32 Å². The van der Waals surface area contributed by atoms with Crippen LogP contribution in [0.25, 0.3) is 0 Å². The Morgan fingerprint density at radius 3 is 2.78 bits per heavy atom. The Morgan fingerprint density at radius 1 is 1.44 bits per heavy atom. The summed E-state index contributed by atoms with van der Waals surface area (Å²) in [6, 6.07) is 2.82. The number of carboxylic acids is 1. The van der Waals surface area contributed by atoms with E-state index in [0.29, 0.717) is 12.2 Å². The Labute approximate surface area is 103 Å². The number of aromatic carboxylic acids is 1. The van der Waals surface area contributed by atoms with Crippen molar-refractivity contribution in [3.63, 3.8) is 0 Å². The van der Waals surface area contributed by atoms with Crippen molar-refractivity contribution in [2.75, 3.05) is 0 Å². The summed E-state index contributed by atoms with van der Waals surface area (Å²) in [5.74, 6) is -1.20. The molecule has 0 saturated carbocycles. The molecular weight excluding hydrogens is 236 g/mol. The number of amides is 1. The summed E-state index contributed by atoms with van der Waals surface area (Å²) in [6.45, 7) is 0.172. The molecule has 0 radical (unpaired) electrons. The quantitative estimate of drug-likeness (QED) is 0.675. The van der Waals surface area contributed by atoms with Crippen LogP contribution in [-0.2, 0) is 11.3 Å². The van der Waals surface area contributed by atoms with Crippen LogP contribution < -0.4 is 11.1 Å². The van der Waals surface area contributed by atoms with E-state index in [9.17, 15) is 9.59 Å². The number of nitrogens with two attached hydrogens (primary N) is 1. The SMILES string of the molecule is NC1C=CC(C(=O)NCc2ccc(C(=O)O)o2)C1. The van der Waals surface area contributed by atoms with Crippen molar-refractivity contribution in [1.29, 1.82) is 0 Å². The molecule has 96 valence electrons. The maximum Gasteiger partial charge on any atom is 0.371 e. The number of carbonyl (C=O) groups excluding carboxylic acids is 1. The first kappa shape index (κ1) is 12.4. The normalized spacial score (nSPS) is 22.1. The van der Waals surface area contributed by atoms with Gasteiger partial charge in [0, 0.05) is 6.04 Å². The van der Waals surface area contributed by atoms with Gasteiger partial charge in [-0.25, -0.2) is 4.79 Å². The Balaban J connectivity index is 1.85. The van der Waals surface area contributed by atoms with E-state index in [1.165, 1.54) is 12.1 Å². The summed E-state index contributed by atoms with van der Waals surface area (Å²) in [4.78, 5) is 22.3. The highest BCUT2D eigenvalue weighted by Gasteiger charge is 2.22. The minimum absolute atomic E-state index is 0.0667. The van der Waals surface area contributed by atoms with Gasteiger partial charge < -0.3 is 20.6 Å². The zero-order chi connectivity index (χ0) is 13.1. The summed E-state index contributed by atoms with van der Waals surface area (Å²) in [5.41, 5.74) is 5.66. The summed E-state index contributed by atoms with van der Waals surface area (Å²) in [5, 5.41) is 11.4. The lowest BCUT2D eigenvalue weighted by Crippen LogP contribution is -2.30. The monoisotopic (exact) mass is 250 g/mol. The molecule has 1 aromatic heterocycles. The molecule has 0 spiro atoms. The van der Waals surface area contributed by atoms with Crippen LogP contribution in [0.4, 0.5) is 0 Å². The number of furan rings is 1. The first-order chi connectivity index (χ1) is 8.56. The fourth-order valence-electron chi connectivity index (χ4n) is 1.81. The van der Waals surface area contributed by atoms with Gasteiger partial charge in [0.15, 0.2) is 0 Å². The van der Waals surface area contributed by atoms with E-state index < -0.39 is 5.97 Å². The lowest BCUT2D eigenvalue weighted by molar-refractivity contribution is -0.123. The van der Waals surface area contributed by atoms with Gasteiger partial charge in [-0.3, -0.25) is 4.79 Å². The number of carbonyl (C=O) groups is 2. The van der Waals surface area contributed by atoms with Crippen LogP contribution in [0.2, 0.25) is 0 Å². The smallest absolute Gasteiger partial charge is 0.371 e. The van der Waals surface area contributed by atoms with Crippen molar-refractivity contribution in [3.8, 4) is 0 Å². The predicted molar refractivity (Wildman–Crippen MR) is 62.7 cm³/mol. The number of nitrogens with one attached hydrogen (secondary N) is 1. The third-order valence-corrected chi connectivity index (χ3v) is 2.76. The standard InChI is InChI=1S/C12H14N2O4/c13-8-2-1-7(5-8)11(15)14-6-9-3-4-10(18-9)12(16)17/h1-4,7-8H,5-6,13H2,(H,14,15)(H,16,17). The molecule has 0 aliphatic heterocycles. The molecule has 0 aromatic carbocycles. The second-order valence-electron chi connectivity index (χ2n) is 4.18. The van der Waals surface area contributed by atoms with Crippen molar-refractivity contribution in [2.24, 2.45) is 11.7 Å². The molecule has 0 fully saturated rings. The molecule has 1 heterocycles. The maximum atomic E-state index is 11.7. The number of hydrogen-bond acceptors (Lipinski definition) is 4. The summed E-state index contributed by atoms with van der Waals surface area (Å²) in [7, 11) is 0. The first-order valence-corrected chi connectivity index (χ1v) is 5.60. The molecule has 2 unspecified atom stereocenters. The molecule has 6 heteroatoms. The summed E-state index contributed by atoms with van der Waals surface area (Å²) in [6.07, 6.45) is 4.19. The van der Waals surface area contributed by atoms with Gasteiger partial charge in [-0.2, -0.15) is 0 Å². The number of rotatable bonds is 4. The van der Waals surface area contributed by atoms with Gasteiger partial charge in [0.1, 0.15) is 5.76 Å². The minimum atomic E-state index is -1.13. The summed E-state index contributed by atoms with van der Waals surface area (Å²) < 4.78 is 5.02. The number of carboxylic acid groups (broad SMARTS) is 1. The second kappa shape index (κ2) is 5.05. The van der Waals surface area contributed by atoms with Crippen LogP contribution in [0.3, 0.4) is 0 Å². The molecule has 4 N–H and O–H groups in total. The lowest BCUT2D eigenvalue weighted by Gasteiger charge is -2.09. The second-order valence-corrected chi connectivity index (χ2v) is 4.18. The molecule has 1 aliphatic carbocycles. The van der Waals surface area contributed by atoms with Crippen LogP contribution in [0.1, 0.15) is 22.7 Å². The van der Waals surface area contributed by atoms with Gasteiger partial charge in [-0.1, -0.05) is 12.2 Å². The van der Waals surface area contributed by atoms with Crippen molar-refractivity contribution in [3.05, 3.63) is 35.8 Å². The van der Waals surface area contributed by atoms with Gasteiger partial charge in [-0.05, 0) is 18.6 Å². The van der Waals surface area contributed by atoms with Crippen molar-refractivity contribution >= 4 is 11.9 Å². The minimum Gasteiger partial charge on any atom is -0.475 e. The third kappa shape index (κ3) is 2.78. The van der Waals surface area contributed by atoms with Crippen LogP contribution in [0, 0.1) is 5.92 Å². The number of hydrogen-bond donors (Lipinski definition) is 3. The van der Waals surface area contributed by atoms with E-state index in [-0.39, 0.29) is 30.2 Å². The Morgan fingerprint density at radius 2 is 2.22 bits per heavy atom. The average Bonchev–Trinajstić information content (AvgIpc) is 2.94. The summed E-state index contributed by atoms with van der Waals surface area (Å²) >= 11 is 0. The van der Waals surface area contributed by atoms with Gasteiger partial charge >= 0.3 is 5.97 Å². The Bertz CT molecular complexity index is 492. The highest BCUT2D eigenvalue weighted by molar-refractivity contribution is 5.84. The van der Waals surface area contributed by atoms with Gasteiger partial charge in [0.2, 0.25) is 11.7 Å². The Kier molecular flexibility index (Phi) is 3.47. The van der Waals surface area contributed by atoms with Crippen LogP contribution in [0.15, 0.2) is 28.7 Å². The predicted octanol–water partition coefficient (Wildman–Crippen LogP) is 0.497. The third-order valence-electron chi connectivity index (χ3n) is 2.76. The average molecular weight is 250 g/mol. The molecule has 0 saturated heterocycles. The molecule has 1 amide bonds. The van der Waals surface area contributed by atoms with E-state index in [4.69, 9.17) is 15.3 Å². The zero-order valence-corrected chi connectivity index (χ0v) is 9.63. The molecule has 6 nitrogen and oxygen atoms in total. The fraction of sp³-hybridized carbons (Fsp3) is 0.333. The van der Waals surface area contributed by atoms with Crippen molar-refractivity contribution in [2.45, 2.75) is 19.0 Å². The van der Waals surface area contributed by atoms with E-state index in [1.54, 1.807) is 12.2 Å². The fourth-order valence-corrected chi connectivity index (χ4v) is 1.81. The van der Waals surface area contributed by atoms with Crippen LogP contribution in [-0.4, -0.2) is 23.0 Å². The molecule has 1 aliphatic rings. The van der Waals surface area contributed by atoms with E-state index >= 15 is 0 Å². The van der Waals surface area contributed by atoms with Crippen molar-refractivity contribution in [1.82, 2.24) is 5.32 Å².